The summed E-state index contributed by atoms with van der Waals surface area (Å²) in [5.74, 6) is 1.22. The third kappa shape index (κ3) is 4.38. The summed E-state index contributed by atoms with van der Waals surface area (Å²) in [6.45, 7) is 0. The Kier molecular flexibility index (Phi) is 6.01. The molecule has 0 radical (unpaired) electrons. The highest BCUT2D eigenvalue weighted by Gasteiger charge is 2.19. The summed E-state index contributed by atoms with van der Waals surface area (Å²) in [6, 6.07) is 26.0. The van der Waals surface area contributed by atoms with Crippen molar-refractivity contribution in [3.05, 3.63) is 101 Å². The van der Waals surface area contributed by atoms with E-state index in [1.165, 1.54) is 11.8 Å². The lowest BCUT2D eigenvalue weighted by Crippen LogP contribution is -2.06. The van der Waals surface area contributed by atoms with E-state index in [9.17, 15) is 9.90 Å². The minimum Gasteiger partial charge on any atom is -0.506 e. The van der Waals surface area contributed by atoms with Gasteiger partial charge in [-0.15, -0.1) is 0 Å². The van der Waals surface area contributed by atoms with E-state index in [0.717, 1.165) is 16.9 Å². The first-order valence-electron chi connectivity index (χ1n) is 10.6. The summed E-state index contributed by atoms with van der Waals surface area (Å²) < 4.78 is 10.7. The van der Waals surface area contributed by atoms with Crippen LogP contribution >= 0.6 is 11.8 Å². The number of nitrogens with zero attached hydrogens (tertiary/aromatic N) is 2. The number of hydrogen-bond acceptors (Lipinski definition) is 7. The molecule has 0 spiro atoms. The lowest BCUT2D eigenvalue weighted by molar-refractivity contribution is 0.415. The number of fused-ring (bicyclic) bond motifs is 1. The van der Waals surface area contributed by atoms with Crippen molar-refractivity contribution in [2.45, 2.75) is 10.9 Å². The smallest absolute Gasteiger partial charge is 0.349 e. The number of aromatic hydroxyl groups is 1. The van der Waals surface area contributed by atoms with E-state index < -0.39 is 5.63 Å². The molecular weight excluding hydrogens is 448 g/mol. The summed E-state index contributed by atoms with van der Waals surface area (Å²) in [6.07, 6.45) is 0. The predicted molar refractivity (Wildman–Crippen MR) is 133 cm³/mol. The molecule has 0 bridgehead atoms. The van der Waals surface area contributed by atoms with Crippen LogP contribution < -0.4 is 10.4 Å². The number of hydrogen-bond donors (Lipinski definition) is 1. The fourth-order valence-corrected chi connectivity index (χ4v) is 4.42. The van der Waals surface area contributed by atoms with E-state index in [0.29, 0.717) is 33.3 Å². The minimum atomic E-state index is -0.658. The van der Waals surface area contributed by atoms with Gasteiger partial charge < -0.3 is 14.3 Å². The second-order valence-electron chi connectivity index (χ2n) is 7.53. The maximum Gasteiger partial charge on any atom is 0.349 e. The van der Waals surface area contributed by atoms with Crippen molar-refractivity contribution in [2.24, 2.45) is 0 Å². The highest BCUT2D eigenvalue weighted by molar-refractivity contribution is 7.98. The number of methoxy groups -OCH3 is 1. The molecule has 0 amide bonds. The molecule has 0 aliphatic rings. The number of thioether (sulfide) groups is 1. The third-order valence-corrected chi connectivity index (χ3v) is 6.26. The Labute approximate surface area is 199 Å². The van der Waals surface area contributed by atoms with Crippen molar-refractivity contribution >= 4 is 22.7 Å². The Morgan fingerprint density at radius 2 is 1.62 bits per heavy atom. The van der Waals surface area contributed by atoms with Gasteiger partial charge in [-0.05, 0) is 48.0 Å². The molecule has 1 N–H and O–H groups in total. The maximum atomic E-state index is 12.9. The van der Waals surface area contributed by atoms with Gasteiger partial charge in [0.15, 0.2) is 5.16 Å². The quantitative estimate of drug-likeness (QED) is 0.188. The van der Waals surface area contributed by atoms with E-state index in [1.807, 2.05) is 54.6 Å². The van der Waals surface area contributed by atoms with Crippen LogP contribution in [0.5, 0.6) is 11.5 Å². The van der Waals surface area contributed by atoms with Gasteiger partial charge in [0.1, 0.15) is 22.6 Å². The Balaban J connectivity index is 1.64. The molecule has 0 atom stereocenters. The Morgan fingerprint density at radius 1 is 0.912 bits per heavy atom. The van der Waals surface area contributed by atoms with Crippen molar-refractivity contribution in [2.75, 3.05) is 7.11 Å². The molecule has 3 aromatic carbocycles. The van der Waals surface area contributed by atoms with E-state index in [-0.39, 0.29) is 11.3 Å². The van der Waals surface area contributed by atoms with E-state index >= 15 is 0 Å². The first-order valence-corrected chi connectivity index (χ1v) is 11.6. The Bertz CT molecular complexity index is 1520. The van der Waals surface area contributed by atoms with E-state index in [4.69, 9.17) is 14.1 Å². The summed E-state index contributed by atoms with van der Waals surface area (Å²) in [7, 11) is 1.61. The van der Waals surface area contributed by atoms with E-state index in [1.54, 1.807) is 37.4 Å². The molecule has 2 aromatic heterocycles. The highest BCUT2D eigenvalue weighted by Crippen LogP contribution is 2.35. The van der Waals surface area contributed by atoms with Crippen molar-refractivity contribution in [1.82, 2.24) is 9.97 Å². The van der Waals surface area contributed by atoms with Crippen LogP contribution in [0.15, 0.2) is 99.3 Å². The lowest BCUT2D eigenvalue weighted by atomic mass is 10.1. The molecule has 0 saturated heterocycles. The van der Waals surface area contributed by atoms with Crippen LogP contribution in [0.1, 0.15) is 5.56 Å². The van der Waals surface area contributed by atoms with E-state index in [2.05, 4.69) is 4.98 Å². The van der Waals surface area contributed by atoms with Gasteiger partial charge in [0.2, 0.25) is 0 Å². The topological polar surface area (TPSA) is 85.5 Å². The van der Waals surface area contributed by atoms with Gasteiger partial charge in [-0.2, -0.15) is 0 Å². The maximum absolute atomic E-state index is 12.9. The lowest BCUT2D eigenvalue weighted by Gasteiger charge is -2.10. The van der Waals surface area contributed by atoms with Crippen LogP contribution in [0.2, 0.25) is 0 Å². The molecule has 0 aliphatic heterocycles. The van der Waals surface area contributed by atoms with Crippen LogP contribution in [-0.4, -0.2) is 22.2 Å². The first-order chi connectivity index (χ1) is 16.6. The Hall–Kier alpha value is -4.10. The predicted octanol–water partition coefficient (Wildman–Crippen LogP) is 5.92. The van der Waals surface area contributed by atoms with Crippen molar-refractivity contribution < 1.29 is 14.3 Å². The zero-order valence-corrected chi connectivity index (χ0v) is 19.1. The first kappa shape index (κ1) is 21.7. The molecule has 5 aromatic rings. The summed E-state index contributed by atoms with van der Waals surface area (Å²) in [4.78, 5) is 22.2. The molecule has 0 saturated carbocycles. The summed E-state index contributed by atoms with van der Waals surface area (Å²) in [5.41, 5.74) is 2.55. The second-order valence-corrected chi connectivity index (χ2v) is 8.48. The van der Waals surface area contributed by atoms with Crippen molar-refractivity contribution in [3.8, 4) is 34.0 Å². The molecule has 168 valence electrons. The van der Waals surface area contributed by atoms with Crippen molar-refractivity contribution in [3.63, 3.8) is 0 Å². The molecule has 2 heterocycles. The molecule has 0 unspecified atom stereocenters. The Morgan fingerprint density at radius 3 is 2.38 bits per heavy atom. The molecule has 5 rings (SSSR count). The fourth-order valence-electron chi connectivity index (χ4n) is 3.61. The molecule has 0 fully saturated rings. The van der Waals surface area contributed by atoms with Crippen LogP contribution in [0.3, 0.4) is 0 Å². The SMILES string of the molecule is COc1ccc(-c2cc(-c3c(O)c4ccccc4oc3=O)nc(SCc3ccccc3)n2)cc1. The van der Waals surface area contributed by atoms with Crippen LogP contribution in [0.25, 0.3) is 33.5 Å². The zero-order valence-electron chi connectivity index (χ0n) is 18.3. The number of para-hydroxylation sites is 1. The zero-order chi connectivity index (χ0) is 23.5. The van der Waals surface area contributed by atoms with Gasteiger partial charge >= 0.3 is 5.63 Å². The van der Waals surface area contributed by atoms with Gasteiger partial charge in [-0.3, -0.25) is 0 Å². The van der Waals surface area contributed by atoms with Gasteiger partial charge in [-0.25, -0.2) is 14.8 Å². The minimum absolute atomic E-state index is 0.0115. The molecule has 0 aliphatic carbocycles. The highest BCUT2D eigenvalue weighted by atomic mass is 32.2. The largest absolute Gasteiger partial charge is 0.506 e. The molecule has 6 nitrogen and oxygen atoms in total. The number of rotatable bonds is 6. The van der Waals surface area contributed by atoms with Gasteiger partial charge in [0, 0.05) is 11.3 Å². The third-order valence-electron chi connectivity index (χ3n) is 5.34. The molecule has 34 heavy (non-hydrogen) atoms. The number of aromatic nitrogens is 2. The summed E-state index contributed by atoms with van der Waals surface area (Å²) >= 11 is 1.45. The van der Waals surface area contributed by atoms with Gasteiger partial charge in [0.05, 0.1) is 23.9 Å². The summed E-state index contributed by atoms with van der Waals surface area (Å²) in [5, 5.41) is 11.9. The molecular formula is C27H20N2O4S. The average molecular weight is 469 g/mol. The van der Waals surface area contributed by atoms with Gasteiger partial charge in [-0.1, -0.05) is 54.2 Å². The normalized spacial score (nSPS) is 11.0. The van der Waals surface area contributed by atoms with Crippen LogP contribution in [0, 0.1) is 0 Å². The monoisotopic (exact) mass is 468 g/mol. The van der Waals surface area contributed by atoms with Crippen LogP contribution in [-0.2, 0) is 5.75 Å². The van der Waals surface area contributed by atoms with Crippen molar-refractivity contribution in [1.29, 1.82) is 0 Å². The average Bonchev–Trinajstić information content (AvgIpc) is 2.88. The fraction of sp³-hybridized carbons (Fsp3) is 0.0741. The standard InChI is InChI=1S/C27H20N2O4S/c1-32-19-13-11-18(12-14-19)21-15-22(29-27(28-21)34-16-17-7-3-2-4-8-17)24-25(30)20-9-5-6-10-23(20)33-26(24)31/h2-15,30H,16H2,1H3. The molecule has 7 heteroatoms. The number of ether oxygens (including phenoxy) is 1. The van der Waals surface area contributed by atoms with Crippen LogP contribution in [0.4, 0.5) is 0 Å². The van der Waals surface area contributed by atoms with Gasteiger partial charge in [0.25, 0.3) is 0 Å². The number of benzene rings is 3. The second kappa shape index (κ2) is 9.41.